The van der Waals surface area contributed by atoms with E-state index < -0.39 is 0 Å². The van der Waals surface area contributed by atoms with Crippen LogP contribution >= 0.6 is 12.0 Å². The maximum Gasteiger partial charge on any atom is 0.122 e. The van der Waals surface area contributed by atoms with Crippen LogP contribution in [-0.4, -0.2) is 12.4 Å². The molecule has 0 heterocycles. The Hall–Kier alpha value is -0.750. The Morgan fingerprint density at radius 2 is 1.93 bits per heavy atom. The molecule has 0 saturated heterocycles. The van der Waals surface area contributed by atoms with Gasteiger partial charge in [-0.1, -0.05) is 11.1 Å². The van der Waals surface area contributed by atoms with Gasteiger partial charge in [0.15, 0.2) is 0 Å². The van der Waals surface area contributed by atoms with Gasteiger partial charge < -0.3 is 4.74 Å². The first-order chi connectivity index (χ1) is 6.69. The van der Waals surface area contributed by atoms with E-state index in [-0.39, 0.29) is 0 Å². The largest absolute Gasteiger partial charge is 0.496 e. The van der Waals surface area contributed by atoms with Crippen LogP contribution in [0.25, 0.3) is 0 Å². The van der Waals surface area contributed by atoms with Crippen LogP contribution in [0, 0.1) is 13.8 Å². The zero-order chi connectivity index (χ0) is 10.6. The van der Waals surface area contributed by atoms with Crippen molar-refractivity contribution in [2.75, 3.05) is 7.11 Å². The number of benzene rings is 1. The minimum Gasteiger partial charge on any atom is -0.496 e. The van der Waals surface area contributed by atoms with Gasteiger partial charge in [0.05, 0.1) is 19.2 Å². The molecule has 0 aliphatic rings. The van der Waals surface area contributed by atoms with E-state index in [1.165, 1.54) is 0 Å². The number of methoxy groups -OCH3 is 1. The monoisotopic (exact) mass is 216 g/mol. The highest BCUT2D eigenvalue weighted by atomic mass is 32.2. The summed E-state index contributed by atoms with van der Waals surface area (Å²) in [5, 5.41) is 11.6. The first kappa shape index (κ1) is 11.3. The molecule has 0 aromatic heterocycles. The fraction of sp³-hybridized carbons (Fsp3) is 0.333. The normalized spacial score (nSPS) is 10.3. The van der Waals surface area contributed by atoms with E-state index in [2.05, 4.69) is 9.37 Å². The number of aryl methyl sites for hydroxylation is 2. The van der Waals surface area contributed by atoms with Crippen molar-refractivity contribution in [2.45, 2.75) is 18.7 Å². The lowest BCUT2D eigenvalue weighted by Crippen LogP contribution is -1.90. The summed E-state index contributed by atoms with van der Waals surface area (Å²) >= 11 is 0.933. The summed E-state index contributed by atoms with van der Waals surface area (Å²) in [7, 11) is 1.61. The van der Waals surface area contributed by atoms with Gasteiger partial charge >= 0.3 is 0 Å². The van der Waals surface area contributed by atoms with Crippen LogP contribution in [-0.2, 0) is 9.37 Å². The highest BCUT2D eigenvalue weighted by Crippen LogP contribution is 2.30. The molecular weight excluding hydrogens is 204 g/mol. The molecule has 5 heteroatoms. The zero-order valence-electron chi connectivity index (χ0n) is 8.23. The van der Waals surface area contributed by atoms with Crippen molar-refractivity contribution in [3.05, 3.63) is 23.3 Å². The van der Waals surface area contributed by atoms with Gasteiger partial charge in [0.2, 0.25) is 0 Å². The summed E-state index contributed by atoms with van der Waals surface area (Å²) in [4.78, 5) is 0.835. The van der Waals surface area contributed by atoms with Gasteiger partial charge in [-0.15, -0.1) is 4.33 Å². The number of rotatable bonds is 4. The summed E-state index contributed by atoms with van der Waals surface area (Å²) in [6, 6.07) is 3.80. The van der Waals surface area contributed by atoms with Crippen LogP contribution in [0.1, 0.15) is 11.1 Å². The molecule has 0 atom stereocenters. The van der Waals surface area contributed by atoms with Crippen molar-refractivity contribution in [2.24, 2.45) is 0 Å². The van der Waals surface area contributed by atoms with Gasteiger partial charge in [0.1, 0.15) is 5.75 Å². The predicted octanol–water partition coefficient (Wildman–Crippen LogP) is 2.74. The number of ether oxygens (including phenoxy) is 1. The third kappa shape index (κ3) is 2.62. The molecule has 1 rings (SSSR count). The molecule has 14 heavy (non-hydrogen) atoms. The molecular formula is C9H12O4S. The Labute approximate surface area is 86.9 Å². The Morgan fingerprint density at radius 1 is 1.21 bits per heavy atom. The summed E-state index contributed by atoms with van der Waals surface area (Å²) in [5.41, 5.74) is 2.09. The Bertz CT molecular complexity index is 314. The van der Waals surface area contributed by atoms with Crippen LogP contribution in [0.15, 0.2) is 17.0 Å². The van der Waals surface area contributed by atoms with E-state index in [0.717, 1.165) is 33.8 Å². The Balaban J connectivity index is 2.92. The SMILES string of the molecule is COc1cc(SOOO)c(C)cc1C. The minimum absolute atomic E-state index is 0.777. The third-order valence-corrected chi connectivity index (χ3v) is 2.59. The van der Waals surface area contributed by atoms with Crippen LogP contribution in [0.2, 0.25) is 0 Å². The molecule has 1 aromatic rings. The molecule has 0 amide bonds. The maximum absolute atomic E-state index is 8.03. The first-order valence-corrected chi connectivity index (χ1v) is 4.73. The third-order valence-electron chi connectivity index (χ3n) is 1.85. The highest BCUT2D eigenvalue weighted by molar-refractivity contribution is 7.94. The summed E-state index contributed by atoms with van der Waals surface area (Å²) in [6.07, 6.45) is 0. The second-order valence-corrected chi connectivity index (χ2v) is 3.56. The van der Waals surface area contributed by atoms with Crippen LogP contribution in [0.5, 0.6) is 5.75 Å². The molecule has 0 aliphatic carbocycles. The van der Waals surface area contributed by atoms with E-state index in [4.69, 9.17) is 9.99 Å². The van der Waals surface area contributed by atoms with E-state index in [1.807, 2.05) is 26.0 Å². The lowest BCUT2D eigenvalue weighted by molar-refractivity contribution is -0.432. The number of hydrogen-bond acceptors (Lipinski definition) is 5. The van der Waals surface area contributed by atoms with Crippen molar-refractivity contribution >= 4 is 12.0 Å². The fourth-order valence-corrected chi connectivity index (χ4v) is 1.62. The maximum atomic E-state index is 8.03. The number of hydrogen-bond donors (Lipinski definition) is 1. The first-order valence-electron chi connectivity index (χ1n) is 3.99. The van der Waals surface area contributed by atoms with Gasteiger partial charge in [-0.25, -0.2) is 5.26 Å². The summed E-state index contributed by atoms with van der Waals surface area (Å²) < 4.78 is 9.50. The summed E-state index contributed by atoms with van der Waals surface area (Å²) in [5.74, 6) is 0.777. The van der Waals surface area contributed by atoms with Crippen molar-refractivity contribution < 1.29 is 19.4 Å². The minimum atomic E-state index is 0.777. The molecule has 0 bridgehead atoms. The van der Waals surface area contributed by atoms with E-state index >= 15 is 0 Å². The molecule has 78 valence electrons. The molecule has 0 saturated carbocycles. The van der Waals surface area contributed by atoms with Crippen molar-refractivity contribution in [3.8, 4) is 5.75 Å². The molecule has 0 fully saturated rings. The highest BCUT2D eigenvalue weighted by Gasteiger charge is 2.06. The van der Waals surface area contributed by atoms with Crippen LogP contribution in [0.4, 0.5) is 0 Å². The average Bonchev–Trinajstić information content (AvgIpc) is 2.17. The van der Waals surface area contributed by atoms with Crippen LogP contribution in [0.3, 0.4) is 0 Å². The van der Waals surface area contributed by atoms with Gasteiger partial charge in [-0.2, -0.15) is 0 Å². The molecule has 0 spiro atoms. The molecule has 0 aliphatic heterocycles. The lowest BCUT2D eigenvalue weighted by atomic mass is 10.1. The second-order valence-electron chi connectivity index (χ2n) is 2.81. The van der Waals surface area contributed by atoms with Gasteiger partial charge in [-0.3, -0.25) is 0 Å². The second kappa shape index (κ2) is 5.21. The van der Waals surface area contributed by atoms with Gasteiger partial charge in [-0.05, 0) is 31.0 Å². The smallest absolute Gasteiger partial charge is 0.122 e. The van der Waals surface area contributed by atoms with Crippen molar-refractivity contribution in [1.29, 1.82) is 0 Å². The van der Waals surface area contributed by atoms with Gasteiger partial charge in [0, 0.05) is 4.90 Å². The Kier molecular flexibility index (Phi) is 4.21. The standard InChI is InChI=1S/C9H12O4S/c1-6-4-7(2)9(14-13-12-10)5-8(6)11-3/h4-5,10H,1-3H3. The topological polar surface area (TPSA) is 47.9 Å². The molecule has 1 N–H and O–H groups in total. The quantitative estimate of drug-likeness (QED) is 0.476. The van der Waals surface area contributed by atoms with E-state index in [0.29, 0.717) is 0 Å². The lowest BCUT2D eigenvalue weighted by Gasteiger charge is -2.09. The van der Waals surface area contributed by atoms with Crippen molar-refractivity contribution in [3.63, 3.8) is 0 Å². The average molecular weight is 216 g/mol. The van der Waals surface area contributed by atoms with Crippen LogP contribution < -0.4 is 4.74 Å². The molecule has 1 aromatic carbocycles. The van der Waals surface area contributed by atoms with Gasteiger partial charge in [0.25, 0.3) is 0 Å². The zero-order valence-corrected chi connectivity index (χ0v) is 9.05. The molecule has 4 nitrogen and oxygen atoms in total. The molecule has 0 radical (unpaired) electrons. The van der Waals surface area contributed by atoms with E-state index in [9.17, 15) is 0 Å². The fourth-order valence-electron chi connectivity index (χ4n) is 1.18. The Morgan fingerprint density at radius 3 is 2.50 bits per heavy atom. The summed E-state index contributed by atoms with van der Waals surface area (Å²) in [6.45, 7) is 3.90. The van der Waals surface area contributed by atoms with Crippen molar-refractivity contribution in [1.82, 2.24) is 0 Å². The van der Waals surface area contributed by atoms with E-state index in [1.54, 1.807) is 7.11 Å². The molecule has 0 unspecified atom stereocenters. The predicted molar refractivity (Wildman–Crippen MR) is 53.1 cm³/mol.